The molecule has 3 rings (SSSR count). The molecule has 2 aliphatic heterocycles. The first-order valence-electron chi connectivity index (χ1n) is 8.14. The van der Waals surface area contributed by atoms with E-state index in [1.165, 1.54) is 19.2 Å². The predicted molar refractivity (Wildman–Crippen MR) is 82.6 cm³/mol. The number of methoxy groups -OCH3 is 1. The van der Waals surface area contributed by atoms with Gasteiger partial charge in [0.2, 0.25) is 0 Å². The van der Waals surface area contributed by atoms with Gasteiger partial charge in [-0.3, -0.25) is 4.79 Å². The van der Waals surface area contributed by atoms with Crippen molar-refractivity contribution in [2.45, 2.75) is 50.1 Å². The maximum absolute atomic E-state index is 12.5. The van der Waals surface area contributed by atoms with Crippen LogP contribution in [0.25, 0.3) is 0 Å². The van der Waals surface area contributed by atoms with Crippen molar-refractivity contribution in [3.05, 3.63) is 23.8 Å². The molecule has 1 N–H and O–H groups in total. The molecule has 0 amide bonds. The molecule has 0 aliphatic carbocycles. The van der Waals surface area contributed by atoms with E-state index in [1.54, 1.807) is 0 Å². The zero-order valence-corrected chi connectivity index (χ0v) is 14.0. The van der Waals surface area contributed by atoms with Crippen LogP contribution in [0.1, 0.15) is 37.7 Å². The van der Waals surface area contributed by atoms with Crippen LogP contribution >= 0.6 is 0 Å². The number of benzene rings is 1. The van der Waals surface area contributed by atoms with E-state index >= 15 is 0 Å². The van der Waals surface area contributed by atoms with Gasteiger partial charge in [0.25, 0.3) is 0 Å². The van der Waals surface area contributed by atoms with Crippen LogP contribution in [0.5, 0.6) is 11.5 Å². The topological polar surface area (TPSA) is 56.8 Å². The fraction of sp³-hybridized carbons (Fsp3) is 0.588. The Labute approximate surface area is 143 Å². The number of carbonyl (C=O) groups excluding carboxylic acids is 1. The molecule has 25 heavy (non-hydrogen) atoms. The summed E-state index contributed by atoms with van der Waals surface area (Å²) in [7, 11) is 1.41. The normalized spacial score (nSPS) is 29.6. The van der Waals surface area contributed by atoms with Gasteiger partial charge in [0, 0.05) is 18.0 Å². The number of hydrogen-bond donors (Lipinski definition) is 1. The predicted octanol–water partition coefficient (Wildman–Crippen LogP) is 3.14. The van der Waals surface area contributed by atoms with Crippen molar-refractivity contribution in [2.24, 2.45) is 0 Å². The van der Waals surface area contributed by atoms with Crippen LogP contribution in [0.2, 0.25) is 0 Å². The zero-order valence-electron chi connectivity index (χ0n) is 14.0. The summed E-state index contributed by atoms with van der Waals surface area (Å²) >= 11 is 0. The number of alkyl halides is 3. The number of ether oxygens (including phenoxy) is 3. The quantitative estimate of drug-likeness (QED) is 0.841. The Bertz CT molecular complexity index is 664. The van der Waals surface area contributed by atoms with Crippen LogP contribution in [0.4, 0.5) is 13.2 Å². The van der Waals surface area contributed by atoms with E-state index < -0.39 is 23.9 Å². The van der Waals surface area contributed by atoms with Gasteiger partial charge >= 0.3 is 12.3 Å². The van der Waals surface area contributed by atoms with Crippen LogP contribution in [0, 0.1) is 0 Å². The van der Waals surface area contributed by atoms with Gasteiger partial charge in [-0.1, -0.05) is 0 Å². The molecule has 5 nitrogen and oxygen atoms in total. The number of nitrogens with one attached hydrogen (secondary N) is 1. The molecule has 0 unspecified atom stereocenters. The van der Waals surface area contributed by atoms with E-state index in [-0.39, 0.29) is 11.8 Å². The fourth-order valence-corrected chi connectivity index (χ4v) is 3.69. The molecule has 138 valence electrons. The molecule has 3 atom stereocenters. The largest absolute Gasteiger partial charge is 0.573 e. The first-order chi connectivity index (χ1) is 11.7. The highest BCUT2D eigenvalue weighted by Gasteiger charge is 2.52. The van der Waals surface area contributed by atoms with Crippen molar-refractivity contribution in [3.63, 3.8) is 0 Å². The summed E-state index contributed by atoms with van der Waals surface area (Å²) in [6.07, 6.45) is -2.81. The highest BCUT2D eigenvalue weighted by Crippen LogP contribution is 2.46. The Morgan fingerprint density at radius 1 is 1.36 bits per heavy atom. The lowest BCUT2D eigenvalue weighted by atomic mass is 9.80. The molecule has 1 spiro atoms. The number of halogens is 3. The summed E-state index contributed by atoms with van der Waals surface area (Å²) < 4.78 is 52.4. The fourth-order valence-electron chi connectivity index (χ4n) is 3.69. The molecular formula is C17H20F3NO4. The summed E-state index contributed by atoms with van der Waals surface area (Å²) in [4.78, 5) is 12.5. The van der Waals surface area contributed by atoms with Crippen LogP contribution < -0.4 is 14.8 Å². The van der Waals surface area contributed by atoms with Gasteiger partial charge in [-0.05, 0) is 44.5 Å². The van der Waals surface area contributed by atoms with Gasteiger partial charge in [-0.25, -0.2) is 0 Å². The molecule has 2 saturated heterocycles. The lowest BCUT2D eigenvalue weighted by Crippen LogP contribution is -2.53. The number of esters is 1. The van der Waals surface area contributed by atoms with Gasteiger partial charge < -0.3 is 19.5 Å². The second-order valence-corrected chi connectivity index (χ2v) is 6.47. The van der Waals surface area contributed by atoms with Gasteiger partial charge in [0.05, 0.1) is 13.0 Å². The maximum Gasteiger partial charge on any atom is 0.573 e. The molecule has 0 bridgehead atoms. The van der Waals surface area contributed by atoms with Crippen molar-refractivity contribution in [3.8, 4) is 11.5 Å². The Morgan fingerprint density at radius 2 is 2.12 bits per heavy atom. The minimum Gasteiger partial charge on any atom is -0.496 e. The van der Waals surface area contributed by atoms with E-state index in [4.69, 9.17) is 9.47 Å². The highest BCUT2D eigenvalue weighted by atomic mass is 19.4. The standard InChI is InChI=1S/C17H20F3NO4/c1-10-16(6-3-7-21-10)9-13(15(22)25-16)12-8-11(24-17(18,19)20)4-5-14(12)23-2/h4-5,8,10,13,21H,3,6-7,9H2,1-2H3/t10-,13+,16+/m0/s1. The van der Waals surface area contributed by atoms with E-state index in [1.807, 2.05) is 6.92 Å². The van der Waals surface area contributed by atoms with Crippen LogP contribution in [0.15, 0.2) is 18.2 Å². The van der Waals surface area contributed by atoms with E-state index in [2.05, 4.69) is 10.1 Å². The first kappa shape index (κ1) is 17.8. The van der Waals surface area contributed by atoms with Gasteiger partial charge in [0.15, 0.2) is 0 Å². The third kappa shape index (κ3) is 3.53. The maximum atomic E-state index is 12.5. The van der Waals surface area contributed by atoms with Crippen LogP contribution in [-0.2, 0) is 9.53 Å². The van der Waals surface area contributed by atoms with Gasteiger partial charge in [-0.2, -0.15) is 0 Å². The Kier molecular flexibility index (Phi) is 4.57. The Hall–Kier alpha value is -1.96. The Balaban J connectivity index is 1.92. The van der Waals surface area contributed by atoms with Crippen molar-refractivity contribution in [1.29, 1.82) is 0 Å². The molecule has 0 radical (unpaired) electrons. The molecule has 1 aromatic rings. The molecule has 0 saturated carbocycles. The third-order valence-corrected chi connectivity index (χ3v) is 4.96. The Morgan fingerprint density at radius 3 is 2.76 bits per heavy atom. The van der Waals surface area contributed by atoms with Crippen LogP contribution in [-0.4, -0.2) is 37.6 Å². The molecule has 2 heterocycles. The van der Waals surface area contributed by atoms with Crippen molar-refractivity contribution < 1.29 is 32.2 Å². The number of rotatable bonds is 3. The third-order valence-electron chi connectivity index (χ3n) is 4.96. The average Bonchev–Trinajstić information content (AvgIpc) is 2.86. The molecule has 8 heteroatoms. The van der Waals surface area contributed by atoms with Crippen molar-refractivity contribution in [1.82, 2.24) is 5.32 Å². The average molecular weight is 359 g/mol. The van der Waals surface area contributed by atoms with Crippen molar-refractivity contribution in [2.75, 3.05) is 13.7 Å². The molecular weight excluding hydrogens is 339 g/mol. The lowest BCUT2D eigenvalue weighted by Gasteiger charge is -2.38. The second-order valence-electron chi connectivity index (χ2n) is 6.47. The van der Waals surface area contributed by atoms with Gasteiger partial charge in [-0.15, -0.1) is 13.2 Å². The van der Waals surface area contributed by atoms with E-state index in [9.17, 15) is 18.0 Å². The van der Waals surface area contributed by atoms with E-state index in [0.717, 1.165) is 25.5 Å². The number of piperidine rings is 1. The lowest BCUT2D eigenvalue weighted by molar-refractivity contribution is -0.274. The van der Waals surface area contributed by atoms with Gasteiger partial charge in [0.1, 0.15) is 17.1 Å². The summed E-state index contributed by atoms with van der Waals surface area (Å²) in [5.74, 6) is -1.18. The molecule has 0 aromatic heterocycles. The van der Waals surface area contributed by atoms with E-state index in [0.29, 0.717) is 17.7 Å². The van der Waals surface area contributed by atoms with Crippen LogP contribution in [0.3, 0.4) is 0 Å². The number of carbonyl (C=O) groups is 1. The number of hydrogen-bond acceptors (Lipinski definition) is 5. The minimum atomic E-state index is -4.80. The zero-order chi connectivity index (χ0) is 18.2. The SMILES string of the molecule is COc1ccc(OC(F)(F)F)cc1[C@H]1C[C@@]2(CCCN[C@H]2C)OC1=O. The highest BCUT2D eigenvalue weighted by molar-refractivity contribution is 5.82. The second kappa shape index (κ2) is 6.40. The molecule has 2 aliphatic rings. The smallest absolute Gasteiger partial charge is 0.496 e. The summed E-state index contributed by atoms with van der Waals surface area (Å²) in [6, 6.07) is 3.72. The van der Waals surface area contributed by atoms with Crippen molar-refractivity contribution >= 4 is 5.97 Å². The first-order valence-corrected chi connectivity index (χ1v) is 8.14. The summed E-state index contributed by atoms with van der Waals surface area (Å²) in [5, 5.41) is 3.30. The summed E-state index contributed by atoms with van der Waals surface area (Å²) in [5.41, 5.74) is -0.282. The monoisotopic (exact) mass is 359 g/mol. The molecule has 2 fully saturated rings. The molecule has 1 aromatic carbocycles. The summed E-state index contributed by atoms with van der Waals surface area (Å²) in [6.45, 7) is 2.80. The minimum absolute atomic E-state index is 0.0178.